The molecule has 2 heterocycles. The highest BCUT2D eigenvalue weighted by Gasteiger charge is 2.22. The SMILES string of the molecule is CCc1c(OCc2ccccc2)nc(-n2nc(C)cc2N(C)C(=O)c2ccc(F)c(Cl)c2)[nH]c1=O. The van der Waals surface area contributed by atoms with Gasteiger partial charge in [0.05, 0.1) is 16.3 Å². The number of H-pyrrole nitrogens is 1. The number of halogens is 2. The Balaban J connectivity index is 1.71. The summed E-state index contributed by atoms with van der Waals surface area (Å²) in [5.41, 5.74) is 1.75. The van der Waals surface area contributed by atoms with Crippen molar-refractivity contribution in [1.82, 2.24) is 19.7 Å². The van der Waals surface area contributed by atoms with Crippen molar-refractivity contribution in [1.29, 1.82) is 0 Å². The van der Waals surface area contributed by atoms with Gasteiger partial charge in [-0.15, -0.1) is 0 Å². The van der Waals surface area contributed by atoms with Crippen LogP contribution in [0, 0.1) is 12.7 Å². The van der Waals surface area contributed by atoms with E-state index < -0.39 is 11.7 Å². The van der Waals surface area contributed by atoms with Crippen molar-refractivity contribution in [3.8, 4) is 11.8 Å². The summed E-state index contributed by atoms with van der Waals surface area (Å²) in [5, 5.41) is 4.26. The Bertz CT molecular complexity index is 1440. The molecule has 0 atom stereocenters. The molecule has 4 rings (SSSR count). The second-order valence-corrected chi connectivity index (χ2v) is 8.26. The lowest BCUT2D eigenvalue weighted by Gasteiger charge is -2.19. The van der Waals surface area contributed by atoms with E-state index in [0.717, 1.165) is 11.6 Å². The van der Waals surface area contributed by atoms with E-state index in [-0.39, 0.29) is 34.6 Å². The number of aromatic amines is 1. The molecule has 1 N–H and O–H groups in total. The van der Waals surface area contributed by atoms with E-state index in [2.05, 4.69) is 15.1 Å². The summed E-state index contributed by atoms with van der Waals surface area (Å²) in [7, 11) is 1.54. The maximum atomic E-state index is 13.6. The third kappa shape index (κ3) is 5.09. The molecular formula is C25H23ClFN5O3. The van der Waals surface area contributed by atoms with Crippen molar-refractivity contribution >= 4 is 23.3 Å². The fourth-order valence-corrected chi connectivity index (χ4v) is 3.71. The van der Waals surface area contributed by atoms with E-state index in [0.29, 0.717) is 23.5 Å². The quantitative estimate of drug-likeness (QED) is 0.408. The van der Waals surface area contributed by atoms with Crippen LogP contribution in [0.5, 0.6) is 5.88 Å². The normalized spacial score (nSPS) is 10.9. The molecule has 0 spiro atoms. The van der Waals surface area contributed by atoms with Gasteiger partial charge >= 0.3 is 0 Å². The van der Waals surface area contributed by atoms with Gasteiger partial charge < -0.3 is 4.74 Å². The number of rotatable bonds is 7. The number of hydrogen-bond acceptors (Lipinski definition) is 5. The highest BCUT2D eigenvalue weighted by Crippen LogP contribution is 2.24. The van der Waals surface area contributed by atoms with Crippen LogP contribution in [0.2, 0.25) is 5.02 Å². The van der Waals surface area contributed by atoms with Gasteiger partial charge in [-0.25, -0.2) is 4.39 Å². The van der Waals surface area contributed by atoms with E-state index in [4.69, 9.17) is 16.3 Å². The van der Waals surface area contributed by atoms with E-state index in [1.807, 2.05) is 37.3 Å². The Hall–Kier alpha value is -3.98. The van der Waals surface area contributed by atoms with Crippen LogP contribution in [0.1, 0.15) is 34.1 Å². The molecule has 0 bridgehead atoms. The summed E-state index contributed by atoms with van der Waals surface area (Å²) >= 11 is 5.85. The maximum absolute atomic E-state index is 13.6. The first-order valence-electron chi connectivity index (χ1n) is 10.9. The Morgan fingerprint density at radius 2 is 1.94 bits per heavy atom. The summed E-state index contributed by atoms with van der Waals surface area (Å²) in [5.74, 6) is -0.438. The van der Waals surface area contributed by atoms with Crippen LogP contribution < -0.4 is 15.2 Å². The van der Waals surface area contributed by atoms with Crippen LogP contribution >= 0.6 is 11.6 Å². The standard InChI is InChI=1S/C25H23ClFN5O3/c1-4-18-22(33)28-25(29-23(18)35-14-16-8-6-5-7-9-16)32-21(12-15(2)30-32)31(3)24(34)17-10-11-20(27)19(26)13-17/h5-13H,4,14H2,1-3H3,(H,28,29,33). The lowest BCUT2D eigenvalue weighted by Crippen LogP contribution is -2.29. The molecule has 0 fully saturated rings. The number of aryl methyl sites for hydroxylation is 1. The smallest absolute Gasteiger partial charge is 0.259 e. The molecule has 0 saturated carbocycles. The maximum Gasteiger partial charge on any atom is 0.259 e. The average Bonchev–Trinajstić information content (AvgIpc) is 3.25. The van der Waals surface area contributed by atoms with Gasteiger partial charge in [-0.3, -0.25) is 19.5 Å². The molecule has 0 aliphatic heterocycles. The molecule has 2 aromatic heterocycles. The van der Waals surface area contributed by atoms with Crippen LogP contribution in [0.3, 0.4) is 0 Å². The first-order chi connectivity index (χ1) is 16.8. The number of nitrogens with one attached hydrogen (secondary N) is 1. The molecule has 0 aliphatic carbocycles. The van der Waals surface area contributed by atoms with Gasteiger partial charge in [-0.2, -0.15) is 14.8 Å². The highest BCUT2D eigenvalue weighted by atomic mass is 35.5. The predicted molar refractivity (Wildman–Crippen MR) is 131 cm³/mol. The molecule has 2 aromatic carbocycles. The third-order valence-corrected chi connectivity index (χ3v) is 5.65. The van der Waals surface area contributed by atoms with Crippen molar-refractivity contribution < 1.29 is 13.9 Å². The van der Waals surface area contributed by atoms with Gasteiger partial charge in [0.25, 0.3) is 11.5 Å². The van der Waals surface area contributed by atoms with E-state index in [1.165, 1.54) is 28.8 Å². The third-order valence-electron chi connectivity index (χ3n) is 5.37. The lowest BCUT2D eigenvalue weighted by molar-refractivity contribution is 0.0991. The van der Waals surface area contributed by atoms with Gasteiger partial charge in [0.1, 0.15) is 18.2 Å². The second-order valence-electron chi connectivity index (χ2n) is 7.85. The van der Waals surface area contributed by atoms with Crippen LogP contribution in [0.15, 0.2) is 59.4 Å². The molecule has 0 unspecified atom stereocenters. The highest BCUT2D eigenvalue weighted by molar-refractivity contribution is 6.31. The largest absolute Gasteiger partial charge is 0.472 e. The summed E-state index contributed by atoms with van der Waals surface area (Å²) in [4.78, 5) is 34.5. The Morgan fingerprint density at radius 3 is 2.63 bits per heavy atom. The number of benzene rings is 2. The van der Waals surface area contributed by atoms with Crippen LogP contribution in [0.25, 0.3) is 5.95 Å². The van der Waals surface area contributed by atoms with Gasteiger partial charge in [-0.05, 0) is 37.1 Å². The monoisotopic (exact) mass is 495 g/mol. The van der Waals surface area contributed by atoms with Crippen LogP contribution in [-0.2, 0) is 13.0 Å². The van der Waals surface area contributed by atoms with Gasteiger partial charge in [0.15, 0.2) is 0 Å². The van der Waals surface area contributed by atoms with Crippen LogP contribution in [0.4, 0.5) is 10.2 Å². The fraction of sp³-hybridized carbons (Fsp3) is 0.200. The van der Waals surface area contributed by atoms with Crippen molar-refractivity contribution in [2.24, 2.45) is 0 Å². The number of carbonyl (C=O) groups is 1. The molecule has 180 valence electrons. The molecule has 0 aliphatic rings. The summed E-state index contributed by atoms with van der Waals surface area (Å²) < 4.78 is 20.8. The molecule has 8 nitrogen and oxygen atoms in total. The number of carbonyl (C=O) groups excluding carboxylic acids is 1. The van der Waals surface area contributed by atoms with Crippen molar-refractivity contribution in [2.75, 3.05) is 11.9 Å². The average molecular weight is 496 g/mol. The molecular weight excluding hydrogens is 473 g/mol. The summed E-state index contributed by atoms with van der Waals surface area (Å²) in [6, 6.07) is 14.9. The molecule has 1 amide bonds. The minimum Gasteiger partial charge on any atom is -0.472 e. The van der Waals surface area contributed by atoms with E-state index in [1.54, 1.807) is 13.0 Å². The minimum absolute atomic E-state index is 0.0927. The molecule has 0 saturated heterocycles. The number of ether oxygens (including phenoxy) is 1. The van der Waals surface area contributed by atoms with E-state index >= 15 is 0 Å². The van der Waals surface area contributed by atoms with E-state index in [9.17, 15) is 14.0 Å². The molecule has 0 radical (unpaired) electrons. The first kappa shape index (κ1) is 24.2. The Morgan fingerprint density at radius 1 is 1.20 bits per heavy atom. The van der Waals surface area contributed by atoms with Gasteiger partial charge in [-0.1, -0.05) is 48.9 Å². The van der Waals surface area contributed by atoms with Gasteiger partial charge in [0, 0.05) is 18.7 Å². The zero-order valence-electron chi connectivity index (χ0n) is 19.4. The molecule has 10 heteroatoms. The zero-order chi connectivity index (χ0) is 25.1. The fourth-order valence-electron chi connectivity index (χ4n) is 3.53. The Kier molecular flexibility index (Phi) is 6.97. The number of amides is 1. The predicted octanol–water partition coefficient (Wildman–Crippen LogP) is 4.47. The summed E-state index contributed by atoms with van der Waals surface area (Å²) in [6.07, 6.45) is 0.418. The van der Waals surface area contributed by atoms with Crippen molar-refractivity contribution in [2.45, 2.75) is 26.9 Å². The number of anilines is 1. The number of aromatic nitrogens is 4. The number of hydrogen-bond donors (Lipinski definition) is 1. The lowest BCUT2D eigenvalue weighted by atomic mass is 10.2. The molecule has 35 heavy (non-hydrogen) atoms. The molecule has 4 aromatic rings. The minimum atomic E-state index is -0.618. The zero-order valence-corrected chi connectivity index (χ0v) is 20.1. The summed E-state index contributed by atoms with van der Waals surface area (Å²) in [6.45, 7) is 3.82. The van der Waals surface area contributed by atoms with Crippen LogP contribution in [-0.4, -0.2) is 32.7 Å². The topological polar surface area (TPSA) is 93.1 Å². The van der Waals surface area contributed by atoms with Gasteiger partial charge in [0.2, 0.25) is 11.8 Å². The number of nitrogens with zero attached hydrogens (tertiary/aromatic N) is 4. The Labute approximate surface area is 206 Å². The first-order valence-corrected chi connectivity index (χ1v) is 11.3. The second kappa shape index (κ2) is 10.1. The van der Waals surface area contributed by atoms with Crippen molar-refractivity contribution in [3.05, 3.63) is 98.2 Å². The van der Waals surface area contributed by atoms with Crippen molar-refractivity contribution in [3.63, 3.8) is 0 Å².